The third-order valence-electron chi connectivity index (χ3n) is 3.82. The van der Waals surface area contributed by atoms with Crippen molar-refractivity contribution in [3.63, 3.8) is 0 Å². The first-order valence-corrected chi connectivity index (χ1v) is 8.98. The Morgan fingerprint density at radius 1 is 1.12 bits per heavy atom. The Hall–Kier alpha value is -1.82. The zero-order valence-corrected chi connectivity index (χ0v) is 15.7. The molecule has 0 aliphatic rings. The number of rotatable bonds is 10. The Morgan fingerprint density at radius 2 is 1.79 bits per heavy atom. The highest BCUT2D eigenvalue weighted by molar-refractivity contribution is 7.80. The van der Waals surface area contributed by atoms with Crippen LogP contribution in [-0.4, -0.2) is 37.8 Å². The average Bonchev–Trinajstić information content (AvgIpc) is 2.60. The van der Waals surface area contributed by atoms with Crippen LogP contribution in [0.5, 0.6) is 0 Å². The fraction of sp³-hybridized carbons (Fsp3) is 0.556. The molecule has 134 valence electrons. The highest BCUT2D eigenvalue weighted by atomic mass is 32.1. The zero-order valence-electron chi connectivity index (χ0n) is 14.9. The number of thiocarbonyl (C=S) groups is 1. The standard InChI is InChI=1S/C18H29N3O2S/c1-4-21(5-2)16-12-10-15(11-13-16)20-18(24)19-14-8-6-7-9-17(22)23-3/h10-13H,4-9,14H2,1-3H3,(H2,19,20,24). The minimum Gasteiger partial charge on any atom is -0.469 e. The van der Waals surface area contributed by atoms with Gasteiger partial charge < -0.3 is 20.3 Å². The number of benzene rings is 1. The van der Waals surface area contributed by atoms with Crippen molar-refractivity contribution in [3.8, 4) is 0 Å². The SMILES string of the molecule is CCN(CC)c1ccc(NC(=S)NCCCCCC(=O)OC)cc1. The maximum absolute atomic E-state index is 11.0. The van der Waals surface area contributed by atoms with E-state index in [0.717, 1.165) is 44.6 Å². The van der Waals surface area contributed by atoms with Crippen molar-refractivity contribution in [3.05, 3.63) is 24.3 Å². The van der Waals surface area contributed by atoms with E-state index in [0.29, 0.717) is 11.5 Å². The number of hydrogen-bond donors (Lipinski definition) is 2. The van der Waals surface area contributed by atoms with Crippen LogP contribution in [0.3, 0.4) is 0 Å². The second kappa shape index (κ2) is 11.7. The second-order valence-electron chi connectivity index (χ2n) is 5.49. The maximum Gasteiger partial charge on any atom is 0.305 e. The van der Waals surface area contributed by atoms with Crippen LogP contribution in [0.1, 0.15) is 39.5 Å². The fourth-order valence-corrected chi connectivity index (χ4v) is 2.61. The molecular formula is C18H29N3O2S. The van der Waals surface area contributed by atoms with E-state index in [1.165, 1.54) is 12.8 Å². The van der Waals surface area contributed by atoms with E-state index < -0.39 is 0 Å². The number of methoxy groups -OCH3 is 1. The molecule has 1 aromatic carbocycles. The number of nitrogens with one attached hydrogen (secondary N) is 2. The molecule has 5 nitrogen and oxygen atoms in total. The van der Waals surface area contributed by atoms with Crippen molar-refractivity contribution >= 4 is 34.7 Å². The van der Waals surface area contributed by atoms with Gasteiger partial charge in [0.1, 0.15) is 0 Å². The van der Waals surface area contributed by atoms with Crippen molar-refractivity contribution in [2.24, 2.45) is 0 Å². The van der Waals surface area contributed by atoms with Crippen molar-refractivity contribution < 1.29 is 9.53 Å². The van der Waals surface area contributed by atoms with E-state index in [-0.39, 0.29) is 5.97 Å². The molecular weight excluding hydrogens is 322 g/mol. The van der Waals surface area contributed by atoms with E-state index >= 15 is 0 Å². The Kier molecular flexibility index (Phi) is 9.84. The monoisotopic (exact) mass is 351 g/mol. The third kappa shape index (κ3) is 7.64. The van der Waals surface area contributed by atoms with Gasteiger partial charge in [-0.15, -0.1) is 0 Å². The van der Waals surface area contributed by atoms with Crippen molar-refractivity contribution in [1.82, 2.24) is 5.32 Å². The van der Waals surface area contributed by atoms with E-state index in [9.17, 15) is 4.79 Å². The van der Waals surface area contributed by atoms with Gasteiger partial charge in [0.15, 0.2) is 5.11 Å². The fourth-order valence-electron chi connectivity index (χ4n) is 2.39. The van der Waals surface area contributed by atoms with Gasteiger partial charge in [0.05, 0.1) is 7.11 Å². The number of esters is 1. The molecule has 0 aliphatic heterocycles. The lowest BCUT2D eigenvalue weighted by atomic mass is 10.2. The van der Waals surface area contributed by atoms with Crippen LogP contribution in [-0.2, 0) is 9.53 Å². The average molecular weight is 352 g/mol. The first-order chi connectivity index (χ1) is 11.6. The summed E-state index contributed by atoms with van der Waals surface area (Å²) in [4.78, 5) is 13.3. The molecule has 0 aliphatic carbocycles. The summed E-state index contributed by atoms with van der Waals surface area (Å²) < 4.78 is 4.61. The Bertz CT molecular complexity index is 501. The molecule has 6 heteroatoms. The van der Waals surface area contributed by atoms with Crippen LogP contribution in [0.15, 0.2) is 24.3 Å². The van der Waals surface area contributed by atoms with Gasteiger partial charge in [-0.3, -0.25) is 4.79 Å². The number of carbonyl (C=O) groups excluding carboxylic acids is 1. The normalized spacial score (nSPS) is 10.1. The predicted octanol–water partition coefficient (Wildman–Crippen LogP) is 3.55. The summed E-state index contributed by atoms with van der Waals surface area (Å²) in [6, 6.07) is 8.28. The summed E-state index contributed by atoms with van der Waals surface area (Å²) in [5.41, 5.74) is 2.20. The number of nitrogens with zero attached hydrogens (tertiary/aromatic N) is 1. The van der Waals surface area contributed by atoms with Gasteiger partial charge in [-0.2, -0.15) is 0 Å². The molecule has 0 heterocycles. The highest BCUT2D eigenvalue weighted by Crippen LogP contribution is 2.17. The lowest BCUT2D eigenvalue weighted by molar-refractivity contribution is -0.140. The molecule has 0 unspecified atom stereocenters. The van der Waals surface area contributed by atoms with Gasteiger partial charge in [0, 0.05) is 37.4 Å². The first kappa shape index (κ1) is 20.2. The zero-order chi connectivity index (χ0) is 17.8. The van der Waals surface area contributed by atoms with Gasteiger partial charge in [-0.05, 0) is 63.2 Å². The minimum atomic E-state index is -0.145. The lowest BCUT2D eigenvalue weighted by Crippen LogP contribution is -2.29. The molecule has 0 bridgehead atoms. The third-order valence-corrected chi connectivity index (χ3v) is 4.07. The van der Waals surface area contributed by atoms with Crippen molar-refractivity contribution in [1.29, 1.82) is 0 Å². The molecule has 0 spiro atoms. The van der Waals surface area contributed by atoms with Crippen molar-refractivity contribution in [2.75, 3.05) is 37.0 Å². The van der Waals surface area contributed by atoms with Gasteiger partial charge >= 0.3 is 5.97 Å². The topological polar surface area (TPSA) is 53.6 Å². The predicted molar refractivity (Wildman–Crippen MR) is 105 cm³/mol. The molecule has 2 N–H and O–H groups in total. The number of ether oxygens (including phenoxy) is 1. The Labute approximate surface area is 150 Å². The van der Waals surface area contributed by atoms with Crippen LogP contribution >= 0.6 is 12.2 Å². The minimum absolute atomic E-state index is 0.145. The Balaban J connectivity index is 2.24. The summed E-state index contributed by atoms with van der Waals surface area (Å²) in [6.07, 6.45) is 3.28. The van der Waals surface area contributed by atoms with Crippen molar-refractivity contribution in [2.45, 2.75) is 39.5 Å². The first-order valence-electron chi connectivity index (χ1n) is 8.57. The van der Waals surface area contributed by atoms with Crippen LogP contribution in [0.4, 0.5) is 11.4 Å². The summed E-state index contributed by atoms with van der Waals surface area (Å²) in [6.45, 7) is 7.10. The second-order valence-corrected chi connectivity index (χ2v) is 5.90. The molecule has 0 saturated carbocycles. The highest BCUT2D eigenvalue weighted by Gasteiger charge is 2.03. The molecule has 1 aromatic rings. The van der Waals surface area contributed by atoms with Crippen LogP contribution in [0, 0.1) is 0 Å². The molecule has 0 fully saturated rings. The van der Waals surface area contributed by atoms with E-state index in [4.69, 9.17) is 12.2 Å². The largest absolute Gasteiger partial charge is 0.469 e. The summed E-state index contributed by atoms with van der Waals surface area (Å²) >= 11 is 5.30. The van der Waals surface area contributed by atoms with E-state index in [2.05, 4.69) is 46.3 Å². The molecule has 0 atom stereocenters. The summed E-state index contributed by atoms with van der Waals surface area (Å²) in [5.74, 6) is -0.145. The summed E-state index contributed by atoms with van der Waals surface area (Å²) in [5, 5.41) is 7.00. The van der Waals surface area contributed by atoms with Gasteiger partial charge in [0.25, 0.3) is 0 Å². The lowest BCUT2D eigenvalue weighted by Gasteiger charge is -2.21. The van der Waals surface area contributed by atoms with Crippen LogP contribution < -0.4 is 15.5 Å². The Morgan fingerprint density at radius 3 is 2.38 bits per heavy atom. The van der Waals surface area contributed by atoms with Gasteiger partial charge in [-0.1, -0.05) is 6.42 Å². The number of anilines is 2. The van der Waals surface area contributed by atoms with E-state index in [1.54, 1.807) is 0 Å². The summed E-state index contributed by atoms with van der Waals surface area (Å²) in [7, 11) is 1.42. The van der Waals surface area contributed by atoms with Gasteiger partial charge in [0.2, 0.25) is 0 Å². The molecule has 24 heavy (non-hydrogen) atoms. The number of hydrogen-bond acceptors (Lipinski definition) is 4. The smallest absolute Gasteiger partial charge is 0.305 e. The number of unbranched alkanes of at least 4 members (excludes halogenated alkanes) is 2. The molecule has 1 rings (SSSR count). The maximum atomic E-state index is 11.0. The van der Waals surface area contributed by atoms with Gasteiger partial charge in [-0.25, -0.2) is 0 Å². The molecule has 0 radical (unpaired) electrons. The molecule has 0 amide bonds. The van der Waals surface area contributed by atoms with Crippen LogP contribution in [0.2, 0.25) is 0 Å². The van der Waals surface area contributed by atoms with Crippen LogP contribution in [0.25, 0.3) is 0 Å². The molecule has 0 saturated heterocycles. The number of carbonyl (C=O) groups is 1. The quantitative estimate of drug-likeness (QED) is 0.382. The molecule has 0 aromatic heterocycles. The van der Waals surface area contributed by atoms with E-state index in [1.807, 2.05) is 12.1 Å².